The van der Waals surface area contributed by atoms with E-state index in [-0.39, 0.29) is 11.8 Å². The molecule has 1 atom stereocenters. The average Bonchev–Trinajstić information content (AvgIpc) is 2.44. The number of hydrogen-bond acceptors (Lipinski definition) is 2. The quantitative estimate of drug-likeness (QED) is 0.820. The lowest BCUT2D eigenvalue weighted by Crippen LogP contribution is -2.28. The van der Waals surface area contributed by atoms with Crippen molar-refractivity contribution in [1.29, 1.82) is 0 Å². The molecule has 0 radical (unpaired) electrons. The van der Waals surface area contributed by atoms with Crippen molar-refractivity contribution >= 4 is 33.2 Å². The summed E-state index contributed by atoms with van der Waals surface area (Å²) in [6.07, 6.45) is 0. The van der Waals surface area contributed by atoms with E-state index in [1.54, 1.807) is 18.2 Å². The number of nitrogens with one attached hydrogen (secondary N) is 1. The van der Waals surface area contributed by atoms with Crippen LogP contribution in [0.4, 0.5) is 0 Å². The summed E-state index contributed by atoms with van der Waals surface area (Å²) in [5.41, 5.74) is 3.73. The normalized spacial score (nSPS) is 13.1. The fraction of sp³-hybridized carbons (Fsp3) is 0.294. The highest BCUT2D eigenvalue weighted by Crippen LogP contribution is 2.24. The van der Waals surface area contributed by atoms with Gasteiger partial charge in [-0.25, -0.2) is 13.1 Å². The number of sulfonamides is 1. The Hall–Kier alpha value is -1.07. The number of benzene rings is 2. The second-order valence-electron chi connectivity index (χ2n) is 5.71. The minimum atomic E-state index is -3.49. The Morgan fingerprint density at radius 3 is 2.39 bits per heavy atom. The lowest BCUT2D eigenvalue weighted by molar-refractivity contribution is 0.565. The average molecular weight is 372 g/mol. The van der Waals surface area contributed by atoms with Crippen molar-refractivity contribution in [2.24, 2.45) is 0 Å². The molecule has 0 aliphatic carbocycles. The summed E-state index contributed by atoms with van der Waals surface area (Å²) < 4.78 is 27.5. The van der Waals surface area contributed by atoms with Crippen molar-refractivity contribution in [1.82, 2.24) is 4.72 Å². The van der Waals surface area contributed by atoms with Crippen molar-refractivity contribution in [2.45, 2.75) is 32.6 Å². The molecular weight excluding hydrogens is 353 g/mol. The summed E-state index contributed by atoms with van der Waals surface area (Å²) in [5.74, 6) is -0.140. The van der Waals surface area contributed by atoms with Gasteiger partial charge in [-0.1, -0.05) is 53.0 Å². The smallest absolute Gasteiger partial charge is 0.212 e. The molecule has 0 fully saturated rings. The first-order chi connectivity index (χ1) is 10.7. The first-order valence-corrected chi connectivity index (χ1v) is 9.60. The first-order valence-electron chi connectivity index (χ1n) is 7.19. The third-order valence-electron chi connectivity index (χ3n) is 3.60. The van der Waals surface area contributed by atoms with Crippen LogP contribution in [0.15, 0.2) is 36.4 Å². The van der Waals surface area contributed by atoms with E-state index < -0.39 is 10.0 Å². The predicted molar refractivity (Wildman–Crippen MR) is 96.6 cm³/mol. The Labute approximate surface area is 147 Å². The van der Waals surface area contributed by atoms with Gasteiger partial charge < -0.3 is 0 Å². The number of rotatable bonds is 5. The standard InChI is InChI=1S/C17H19Cl2NO2S/c1-11-4-5-12(2)15(8-11)13(3)20-23(21,22)10-14-6-7-16(18)17(19)9-14/h4-9,13,20H,10H2,1-3H3/t13-/m1/s1. The van der Waals surface area contributed by atoms with Gasteiger partial charge in [-0.05, 0) is 49.6 Å². The molecule has 2 aromatic rings. The van der Waals surface area contributed by atoms with Gasteiger partial charge in [0.05, 0.1) is 15.8 Å². The molecule has 2 rings (SSSR count). The van der Waals surface area contributed by atoms with Crippen LogP contribution in [0.25, 0.3) is 0 Å². The monoisotopic (exact) mass is 371 g/mol. The van der Waals surface area contributed by atoms with Crippen LogP contribution < -0.4 is 4.72 Å². The fourth-order valence-corrected chi connectivity index (χ4v) is 4.14. The van der Waals surface area contributed by atoms with E-state index in [0.29, 0.717) is 15.6 Å². The van der Waals surface area contributed by atoms with E-state index in [1.165, 1.54) is 0 Å². The highest BCUT2D eigenvalue weighted by molar-refractivity contribution is 7.88. The molecule has 0 amide bonds. The van der Waals surface area contributed by atoms with Gasteiger partial charge in [0.1, 0.15) is 0 Å². The van der Waals surface area contributed by atoms with Gasteiger partial charge in [0.15, 0.2) is 0 Å². The third-order valence-corrected chi connectivity index (χ3v) is 5.76. The van der Waals surface area contributed by atoms with Crippen LogP contribution >= 0.6 is 23.2 Å². The Kier molecular flexibility index (Phi) is 5.74. The third kappa shape index (κ3) is 4.95. The lowest BCUT2D eigenvalue weighted by Gasteiger charge is -2.17. The molecule has 0 bridgehead atoms. The van der Waals surface area contributed by atoms with Crippen LogP contribution in [0.5, 0.6) is 0 Å². The number of halogens is 2. The van der Waals surface area contributed by atoms with E-state index in [0.717, 1.165) is 16.7 Å². The maximum Gasteiger partial charge on any atom is 0.216 e. The molecule has 0 unspecified atom stereocenters. The molecule has 6 heteroatoms. The molecule has 23 heavy (non-hydrogen) atoms. The minimum absolute atomic E-state index is 0.140. The van der Waals surface area contributed by atoms with Crippen LogP contribution in [-0.4, -0.2) is 8.42 Å². The zero-order valence-electron chi connectivity index (χ0n) is 13.2. The van der Waals surface area contributed by atoms with Crippen molar-refractivity contribution < 1.29 is 8.42 Å². The van der Waals surface area contributed by atoms with Crippen LogP contribution in [0.1, 0.15) is 35.2 Å². The molecule has 3 nitrogen and oxygen atoms in total. The molecule has 1 N–H and O–H groups in total. The topological polar surface area (TPSA) is 46.2 Å². The molecule has 0 saturated heterocycles. The highest BCUT2D eigenvalue weighted by Gasteiger charge is 2.18. The summed E-state index contributed by atoms with van der Waals surface area (Å²) in [4.78, 5) is 0. The van der Waals surface area contributed by atoms with E-state index >= 15 is 0 Å². The summed E-state index contributed by atoms with van der Waals surface area (Å²) in [6.45, 7) is 5.80. The number of hydrogen-bond donors (Lipinski definition) is 1. The summed E-state index contributed by atoms with van der Waals surface area (Å²) >= 11 is 11.8. The fourth-order valence-electron chi connectivity index (χ4n) is 2.45. The van der Waals surface area contributed by atoms with E-state index in [9.17, 15) is 8.42 Å². The maximum absolute atomic E-state index is 12.4. The molecule has 2 aromatic carbocycles. The lowest BCUT2D eigenvalue weighted by atomic mass is 10.0. The molecule has 0 saturated carbocycles. The zero-order valence-corrected chi connectivity index (χ0v) is 15.6. The molecule has 0 aromatic heterocycles. The Morgan fingerprint density at radius 2 is 1.74 bits per heavy atom. The van der Waals surface area contributed by atoms with Crippen LogP contribution in [0, 0.1) is 13.8 Å². The zero-order chi connectivity index (χ0) is 17.2. The van der Waals surface area contributed by atoms with Gasteiger partial charge in [0.25, 0.3) is 0 Å². The van der Waals surface area contributed by atoms with Gasteiger partial charge in [-0.15, -0.1) is 0 Å². The molecular formula is C17H19Cl2NO2S. The minimum Gasteiger partial charge on any atom is -0.212 e. The van der Waals surface area contributed by atoms with Crippen molar-refractivity contribution in [3.8, 4) is 0 Å². The Bertz CT molecular complexity index is 819. The van der Waals surface area contributed by atoms with Gasteiger partial charge in [0, 0.05) is 6.04 Å². The van der Waals surface area contributed by atoms with E-state index in [4.69, 9.17) is 23.2 Å². The largest absolute Gasteiger partial charge is 0.216 e. The van der Waals surface area contributed by atoms with Crippen molar-refractivity contribution in [3.63, 3.8) is 0 Å². The Morgan fingerprint density at radius 1 is 1.04 bits per heavy atom. The van der Waals surface area contributed by atoms with Crippen LogP contribution in [-0.2, 0) is 15.8 Å². The number of aryl methyl sites for hydroxylation is 2. The van der Waals surface area contributed by atoms with Gasteiger partial charge in [0.2, 0.25) is 10.0 Å². The molecule has 124 valence electrons. The predicted octanol–water partition coefficient (Wildman–Crippen LogP) is 4.79. The van der Waals surface area contributed by atoms with Gasteiger partial charge >= 0.3 is 0 Å². The van der Waals surface area contributed by atoms with Crippen LogP contribution in [0.2, 0.25) is 10.0 Å². The van der Waals surface area contributed by atoms with Crippen LogP contribution in [0.3, 0.4) is 0 Å². The first kappa shape index (κ1) is 18.3. The summed E-state index contributed by atoms with van der Waals surface area (Å²) in [7, 11) is -3.49. The summed E-state index contributed by atoms with van der Waals surface area (Å²) in [6, 6.07) is 10.5. The second kappa shape index (κ2) is 7.22. The van der Waals surface area contributed by atoms with E-state index in [1.807, 2.05) is 39.0 Å². The molecule has 0 aliphatic heterocycles. The van der Waals surface area contributed by atoms with Gasteiger partial charge in [-0.3, -0.25) is 0 Å². The summed E-state index contributed by atoms with van der Waals surface area (Å²) in [5, 5.41) is 0.756. The van der Waals surface area contributed by atoms with E-state index in [2.05, 4.69) is 4.72 Å². The highest BCUT2D eigenvalue weighted by atomic mass is 35.5. The molecule has 0 heterocycles. The van der Waals surface area contributed by atoms with Gasteiger partial charge in [-0.2, -0.15) is 0 Å². The van der Waals surface area contributed by atoms with Crippen molar-refractivity contribution in [2.75, 3.05) is 0 Å². The molecule has 0 spiro atoms. The van der Waals surface area contributed by atoms with Crippen molar-refractivity contribution in [3.05, 3.63) is 68.7 Å². The Balaban J connectivity index is 2.17. The second-order valence-corrected chi connectivity index (χ2v) is 8.28. The SMILES string of the molecule is Cc1ccc(C)c([C@@H](C)NS(=O)(=O)Cc2ccc(Cl)c(Cl)c2)c1. The maximum atomic E-state index is 12.4. The molecule has 0 aliphatic rings.